The van der Waals surface area contributed by atoms with Crippen molar-refractivity contribution >= 4 is 109 Å². The maximum atomic E-state index is 14.4. The van der Waals surface area contributed by atoms with Gasteiger partial charge >= 0.3 is 6.09 Å². The molecule has 0 unspecified atom stereocenters. The van der Waals surface area contributed by atoms with E-state index in [0.717, 1.165) is 4.88 Å². The van der Waals surface area contributed by atoms with Gasteiger partial charge in [0.25, 0.3) is 5.91 Å². The van der Waals surface area contributed by atoms with E-state index in [-0.39, 0.29) is 86.4 Å². The van der Waals surface area contributed by atoms with Crippen LogP contribution in [0.3, 0.4) is 0 Å². The molecule has 0 radical (unpaired) electrons. The number of Topliss-reactive ketones (excluding diaryl/α,β-unsaturated/α-hetero) is 1. The summed E-state index contributed by atoms with van der Waals surface area (Å²) in [6.45, 7) is 9.89. The van der Waals surface area contributed by atoms with E-state index in [1.54, 1.807) is 66.6 Å². The monoisotopic (exact) mass is 1190 g/mol. The molecule has 9 rings (SSSR count). The summed E-state index contributed by atoms with van der Waals surface area (Å²) in [6, 6.07) is 10.6. The van der Waals surface area contributed by atoms with Crippen molar-refractivity contribution in [2.45, 2.75) is 70.7 Å². The quantitative estimate of drug-likeness (QED) is 0.0562. The first kappa shape index (κ1) is 57.6. The topological polar surface area (TPSA) is 295 Å². The highest BCUT2D eigenvalue weighted by molar-refractivity contribution is 7.15. The number of carbonyl (C=O) groups excluding carboxylic acids is 5. The van der Waals surface area contributed by atoms with Crippen molar-refractivity contribution in [2.24, 2.45) is 5.92 Å². The minimum atomic E-state index is -1.21. The van der Waals surface area contributed by atoms with Crippen LogP contribution in [0, 0.1) is 12.8 Å². The van der Waals surface area contributed by atoms with Crippen LogP contribution in [0.4, 0.5) is 10.6 Å². The van der Waals surface area contributed by atoms with E-state index in [9.17, 15) is 29.1 Å². The van der Waals surface area contributed by atoms with Gasteiger partial charge in [0, 0.05) is 71.5 Å². The Morgan fingerprint density at radius 1 is 0.800 bits per heavy atom. The Balaban J connectivity index is 1.12. The lowest BCUT2D eigenvalue weighted by Gasteiger charge is -2.23. The van der Waals surface area contributed by atoms with E-state index in [0.29, 0.717) is 80.2 Å². The number of ether oxygens (including phenoxy) is 2. The third-order valence-corrected chi connectivity index (χ3v) is 18.3. The smallest absolute Gasteiger partial charge is 0.412 e. The highest BCUT2D eigenvalue weighted by atomic mass is 32.1. The molecule has 7 N–H and O–H groups in total. The predicted molar refractivity (Wildman–Crippen MR) is 310 cm³/mol. The minimum Gasteiger partial charge on any atom is -0.449 e. The lowest BCUT2D eigenvalue weighted by molar-refractivity contribution is -0.122. The van der Waals surface area contributed by atoms with Gasteiger partial charge in [-0.1, -0.05) is 50.8 Å². The maximum absolute atomic E-state index is 14.4. The first-order valence-corrected chi connectivity index (χ1v) is 30.1. The fraction of sp³-hybridized carbons (Fsp3) is 0.321. The molecule has 0 saturated heterocycles. The standard InChI is InChI=1S/C53H54N12O9S6/c1-25(2)30-17-36(67)42-27(4)79-51(65-42)32(18-39(68)54-5)57-46(71)34-22-75-47(59-34)29-13-14-31(49-61-38(24-78-49)62-53(72)74-16-10-15-66)56-43(29)33-21-76-50(58-33)35-23-77-52(60-35)44(45(70)28-11-8-7-9-12-28)63-40(69)19-55-26(3)41-37(20-73-6)80-48(30)64-41/h7-9,11-14,21-25,30,32,44-45,55,66,70H,3,10,15-20H2,1-2,4-6H3,(H,54,68)(H,57,71)(H,62,72)(H,63,69)/t30-,32+,44+,45+/m1/s1. The van der Waals surface area contributed by atoms with E-state index in [1.165, 1.54) is 75.1 Å². The van der Waals surface area contributed by atoms with E-state index in [2.05, 4.69) is 38.1 Å². The summed E-state index contributed by atoms with van der Waals surface area (Å²) >= 11 is 7.56. The molecule has 1 aliphatic heterocycles. The van der Waals surface area contributed by atoms with Gasteiger partial charge in [0.05, 0.1) is 53.5 Å². The number of amides is 4. The van der Waals surface area contributed by atoms with Crippen molar-refractivity contribution in [3.05, 3.63) is 118 Å². The van der Waals surface area contributed by atoms with Crippen molar-refractivity contribution in [1.82, 2.24) is 56.2 Å². The normalized spacial score (nSPS) is 16.6. The first-order chi connectivity index (χ1) is 38.6. The molecule has 8 heterocycles. The number of anilines is 1. The Morgan fingerprint density at radius 3 is 2.29 bits per heavy atom. The van der Waals surface area contributed by atoms with Gasteiger partial charge in [-0.05, 0) is 30.5 Å². The molecule has 10 bridgehead atoms. The summed E-state index contributed by atoms with van der Waals surface area (Å²) < 4.78 is 10.7. The molecule has 0 fully saturated rings. The number of aliphatic hydroxyl groups is 2. The van der Waals surface area contributed by atoms with E-state index in [1.807, 2.05) is 25.3 Å². The van der Waals surface area contributed by atoms with E-state index in [4.69, 9.17) is 44.5 Å². The van der Waals surface area contributed by atoms with Gasteiger partial charge in [-0.3, -0.25) is 24.5 Å². The number of ketones is 1. The summed E-state index contributed by atoms with van der Waals surface area (Å²) in [7, 11) is 3.06. The fourth-order valence-electron chi connectivity index (χ4n) is 8.35. The molecular formula is C53H54N12O9S6. The zero-order valence-electron chi connectivity index (χ0n) is 43.7. The van der Waals surface area contributed by atoms with E-state index >= 15 is 0 Å². The lowest BCUT2D eigenvalue weighted by Crippen LogP contribution is -2.38. The number of fused-ring (bicyclic) bond motifs is 14. The molecule has 416 valence electrons. The van der Waals surface area contributed by atoms with Gasteiger partial charge in [0.2, 0.25) is 11.8 Å². The van der Waals surface area contributed by atoms with Gasteiger partial charge in [-0.15, -0.1) is 68.0 Å². The summed E-state index contributed by atoms with van der Waals surface area (Å²) in [6.07, 6.45) is -1.77. The average molecular weight is 1200 g/mol. The van der Waals surface area contributed by atoms with Crippen molar-refractivity contribution in [3.8, 4) is 43.4 Å². The number of nitrogens with one attached hydrogen (secondary N) is 5. The van der Waals surface area contributed by atoms with Crippen molar-refractivity contribution in [2.75, 3.05) is 39.2 Å². The molecule has 4 atom stereocenters. The highest BCUT2D eigenvalue weighted by Crippen LogP contribution is 2.41. The Bertz CT molecular complexity index is 3550. The number of nitrogens with zero attached hydrogens (tertiary/aromatic N) is 7. The molecule has 21 nitrogen and oxygen atoms in total. The van der Waals surface area contributed by atoms with Crippen LogP contribution in [0.15, 0.2) is 70.6 Å². The van der Waals surface area contributed by atoms with Gasteiger partial charge in [0.1, 0.15) is 77.2 Å². The molecule has 80 heavy (non-hydrogen) atoms. The number of pyridine rings is 1. The minimum absolute atomic E-state index is 0.0291. The molecule has 7 aromatic heterocycles. The van der Waals surface area contributed by atoms with Gasteiger partial charge in [-0.2, -0.15) is 0 Å². The predicted octanol–water partition coefficient (Wildman–Crippen LogP) is 8.96. The number of methoxy groups -OCH3 is 1. The second-order valence-corrected chi connectivity index (χ2v) is 24.3. The van der Waals surface area contributed by atoms with Crippen LogP contribution in [0.1, 0.15) is 114 Å². The number of aryl methyl sites for hydroxylation is 1. The van der Waals surface area contributed by atoms with Crippen LogP contribution in [-0.2, 0) is 25.7 Å². The number of hydrogen-bond donors (Lipinski definition) is 7. The van der Waals surface area contributed by atoms with Crippen molar-refractivity contribution in [1.29, 1.82) is 0 Å². The van der Waals surface area contributed by atoms with E-state index < -0.39 is 36.1 Å². The second-order valence-electron chi connectivity index (χ2n) is 18.4. The van der Waals surface area contributed by atoms with Gasteiger partial charge in [-0.25, -0.2) is 39.7 Å². The number of aliphatic hydroxyl groups excluding tert-OH is 2. The zero-order valence-corrected chi connectivity index (χ0v) is 48.6. The van der Waals surface area contributed by atoms with Crippen molar-refractivity contribution in [3.63, 3.8) is 0 Å². The van der Waals surface area contributed by atoms with Crippen LogP contribution >= 0.6 is 68.0 Å². The fourth-order valence-corrected chi connectivity index (χ4v) is 13.9. The number of aromatic nitrogens is 7. The van der Waals surface area contributed by atoms with Crippen LogP contribution in [0.2, 0.25) is 0 Å². The molecule has 1 aliphatic rings. The van der Waals surface area contributed by atoms with Crippen LogP contribution < -0.4 is 26.6 Å². The van der Waals surface area contributed by atoms with Gasteiger partial charge < -0.3 is 41.0 Å². The van der Waals surface area contributed by atoms with Crippen LogP contribution in [0.25, 0.3) is 49.1 Å². The number of rotatable bonds is 12. The molecular weight excluding hydrogens is 1140 g/mol. The molecule has 0 saturated carbocycles. The summed E-state index contributed by atoms with van der Waals surface area (Å²) in [5, 5.41) is 45.0. The molecule has 27 heteroatoms. The number of thiazole rings is 6. The summed E-state index contributed by atoms with van der Waals surface area (Å²) in [5.74, 6) is -1.83. The third kappa shape index (κ3) is 13.4. The Labute approximate surface area is 483 Å². The molecule has 0 aliphatic carbocycles. The van der Waals surface area contributed by atoms with Crippen molar-refractivity contribution < 1.29 is 43.7 Å². The number of hydrogen-bond acceptors (Lipinski definition) is 23. The van der Waals surface area contributed by atoms with Crippen LogP contribution in [0.5, 0.6) is 0 Å². The third-order valence-electron chi connectivity index (χ3n) is 12.5. The Morgan fingerprint density at radius 2 is 1.52 bits per heavy atom. The Hall–Kier alpha value is -7.08. The summed E-state index contributed by atoms with van der Waals surface area (Å²) in [5.41, 5.74) is 3.91. The highest BCUT2D eigenvalue weighted by Gasteiger charge is 2.32. The number of benzene rings is 1. The number of carbonyl (C=O) groups is 5. The molecule has 4 amide bonds. The zero-order chi connectivity index (χ0) is 56.6. The summed E-state index contributed by atoms with van der Waals surface area (Å²) in [4.78, 5) is 104. The molecule has 1 aromatic carbocycles. The maximum Gasteiger partial charge on any atom is 0.412 e. The van der Waals surface area contributed by atoms with Gasteiger partial charge in [0.15, 0.2) is 5.78 Å². The lowest BCUT2D eigenvalue weighted by atomic mass is 9.90. The average Bonchev–Trinajstić information content (AvgIpc) is 4.40. The van der Waals surface area contributed by atoms with Crippen LogP contribution in [-0.4, -0.2) is 109 Å². The molecule has 8 aromatic rings. The SMILES string of the molecule is C=C1NCC(=O)N[C@@H]([C@@H](O)c2ccccc2)c2nc(cs2)-c2nc(cs2)-c2nc(-c3nc(NC(=O)OCCCO)cs3)ccc2-c2nc(cs2)C(=O)N[C@@H](CC(=O)NC)c2nc(c(C)s2)C(=O)C[C@H](C(C)C)c2nc1c(COC)s2. The molecule has 0 spiro atoms. The second kappa shape index (κ2) is 26.0. The Kier molecular flexibility index (Phi) is 18.7. The first-order valence-electron chi connectivity index (χ1n) is 25.0. The largest absolute Gasteiger partial charge is 0.449 e.